The SMILES string of the molecule is CCC1OC(n2cc(/C(N)=N/O)c3c(=O)[nH]cnc32)C(O)C1O. The molecule has 4 unspecified atom stereocenters. The van der Waals surface area contributed by atoms with Gasteiger partial charge in [-0.15, -0.1) is 0 Å². The van der Waals surface area contributed by atoms with E-state index in [9.17, 15) is 15.0 Å². The van der Waals surface area contributed by atoms with E-state index in [1.54, 1.807) is 0 Å². The lowest BCUT2D eigenvalue weighted by Crippen LogP contribution is -2.31. The van der Waals surface area contributed by atoms with E-state index in [-0.39, 0.29) is 22.4 Å². The maximum atomic E-state index is 12.1. The van der Waals surface area contributed by atoms with Crippen LogP contribution in [0.25, 0.3) is 11.0 Å². The van der Waals surface area contributed by atoms with E-state index in [1.807, 2.05) is 6.92 Å². The lowest BCUT2D eigenvalue weighted by molar-refractivity contribution is -0.0352. The lowest BCUT2D eigenvalue weighted by atomic mass is 10.1. The third kappa shape index (κ3) is 2.27. The molecule has 23 heavy (non-hydrogen) atoms. The molecule has 2 aromatic heterocycles. The first-order valence-electron chi connectivity index (χ1n) is 7.07. The van der Waals surface area contributed by atoms with Crippen molar-refractivity contribution in [2.75, 3.05) is 0 Å². The summed E-state index contributed by atoms with van der Waals surface area (Å²) < 4.78 is 7.07. The Bertz CT molecular complexity index is 813. The van der Waals surface area contributed by atoms with E-state index >= 15 is 0 Å². The van der Waals surface area contributed by atoms with Crippen LogP contribution in [0.5, 0.6) is 0 Å². The first-order chi connectivity index (χ1) is 11.0. The number of amidine groups is 1. The summed E-state index contributed by atoms with van der Waals surface area (Å²) in [5.74, 6) is -0.271. The van der Waals surface area contributed by atoms with Gasteiger partial charge in [-0.05, 0) is 6.42 Å². The second-order valence-corrected chi connectivity index (χ2v) is 5.32. The summed E-state index contributed by atoms with van der Waals surface area (Å²) in [6, 6.07) is 0. The van der Waals surface area contributed by atoms with Crippen molar-refractivity contribution in [3.05, 3.63) is 28.4 Å². The smallest absolute Gasteiger partial charge is 0.260 e. The normalized spacial score (nSPS) is 28.6. The van der Waals surface area contributed by atoms with E-state index in [2.05, 4.69) is 15.1 Å². The fraction of sp³-hybridized carbons (Fsp3) is 0.462. The van der Waals surface area contributed by atoms with Gasteiger partial charge in [0.15, 0.2) is 12.1 Å². The number of rotatable bonds is 3. The number of aliphatic hydroxyl groups excluding tert-OH is 2. The molecule has 6 N–H and O–H groups in total. The maximum absolute atomic E-state index is 12.1. The molecule has 1 saturated heterocycles. The van der Waals surface area contributed by atoms with Crippen LogP contribution in [0.4, 0.5) is 0 Å². The van der Waals surface area contributed by atoms with Gasteiger partial charge in [-0.3, -0.25) is 4.79 Å². The zero-order valence-corrected chi connectivity index (χ0v) is 12.2. The maximum Gasteiger partial charge on any atom is 0.260 e. The molecule has 124 valence electrons. The summed E-state index contributed by atoms with van der Waals surface area (Å²) in [7, 11) is 0. The zero-order valence-electron chi connectivity index (χ0n) is 12.2. The number of hydrogen-bond acceptors (Lipinski definition) is 7. The molecule has 4 atom stereocenters. The van der Waals surface area contributed by atoms with Crippen LogP contribution >= 0.6 is 0 Å². The Morgan fingerprint density at radius 1 is 1.52 bits per heavy atom. The molecule has 0 spiro atoms. The van der Waals surface area contributed by atoms with Crippen LogP contribution in [0.3, 0.4) is 0 Å². The Hall–Kier alpha value is -2.43. The molecule has 0 radical (unpaired) electrons. The highest BCUT2D eigenvalue weighted by Crippen LogP contribution is 2.33. The second-order valence-electron chi connectivity index (χ2n) is 5.32. The molecular weight excluding hydrogens is 306 g/mol. The van der Waals surface area contributed by atoms with Crippen LogP contribution in [-0.2, 0) is 4.74 Å². The van der Waals surface area contributed by atoms with Gasteiger partial charge in [-0.2, -0.15) is 0 Å². The van der Waals surface area contributed by atoms with Gasteiger partial charge in [0, 0.05) is 6.20 Å². The molecule has 1 aliphatic rings. The standard InChI is InChI=1S/C13H17N5O5/c1-2-6-8(19)9(20)13(23-6)18-3-5(10(14)17-22)7-11(18)15-4-16-12(7)21/h3-4,6,8-9,13,19-20,22H,2H2,1H3,(H2,14,17)(H,15,16,21). The fourth-order valence-corrected chi connectivity index (χ4v) is 2.83. The van der Waals surface area contributed by atoms with E-state index in [4.69, 9.17) is 15.7 Å². The van der Waals surface area contributed by atoms with Gasteiger partial charge >= 0.3 is 0 Å². The van der Waals surface area contributed by atoms with Crippen molar-refractivity contribution in [2.45, 2.75) is 37.9 Å². The Labute approximate surface area is 129 Å². The lowest BCUT2D eigenvalue weighted by Gasteiger charge is -2.17. The van der Waals surface area contributed by atoms with Gasteiger partial charge in [-0.1, -0.05) is 12.1 Å². The third-order valence-corrected chi connectivity index (χ3v) is 4.01. The molecule has 0 amide bonds. The molecule has 3 rings (SSSR count). The number of ether oxygens (including phenoxy) is 1. The van der Waals surface area contributed by atoms with Crippen LogP contribution in [0.15, 0.2) is 22.5 Å². The molecule has 0 aliphatic carbocycles. The molecule has 0 aromatic carbocycles. The molecule has 10 nitrogen and oxygen atoms in total. The van der Waals surface area contributed by atoms with Crippen molar-refractivity contribution in [1.29, 1.82) is 0 Å². The van der Waals surface area contributed by atoms with Crippen molar-refractivity contribution in [2.24, 2.45) is 10.9 Å². The van der Waals surface area contributed by atoms with Gasteiger partial charge in [0.25, 0.3) is 5.56 Å². The Balaban J connectivity index is 2.20. The van der Waals surface area contributed by atoms with Crippen LogP contribution in [0, 0.1) is 0 Å². The molecule has 10 heteroatoms. The van der Waals surface area contributed by atoms with Gasteiger partial charge in [0.05, 0.1) is 23.4 Å². The van der Waals surface area contributed by atoms with E-state index < -0.39 is 30.1 Å². The number of aromatic amines is 1. The highest BCUT2D eigenvalue weighted by atomic mass is 16.6. The van der Waals surface area contributed by atoms with Crippen LogP contribution < -0.4 is 11.3 Å². The molecule has 3 heterocycles. The number of fused-ring (bicyclic) bond motifs is 1. The van der Waals surface area contributed by atoms with Crippen molar-refractivity contribution >= 4 is 16.9 Å². The number of hydrogen-bond donors (Lipinski definition) is 5. The topological polar surface area (TPSA) is 159 Å². The summed E-state index contributed by atoms with van der Waals surface area (Å²) >= 11 is 0. The predicted molar refractivity (Wildman–Crippen MR) is 79.1 cm³/mol. The number of aliphatic hydroxyl groups is 2. The van der Waals surface area contributed by atoms with Crippen molar-refractivity contribution in [3.63, 3.8) is 0 Å². The Morgan fingerprint density at radius 2 is 2.26 bits per heavy atom. The van der Waals surface area contributed by atoms with Crippen LogP contribution in [0.2, 0.25) is 0 Å². The minimum Gasteiger partial charge on any atom is -0.409 e. The second kappa shape index (κ2) is 5.65. The first kappa shape index (κ1) is 15.5. The quantitative estimate of drug-likeness (QED) is 0.206. The number of aromatic nitrogens is 3. The summed E-state index contributed by atoms with van der Waals surface area (Å²) in [5, 5.41) is 32.1. The van der Waals surface area contributed by atoms with Crippen molar-refractivity contribution in [3.8, 4) is 0 Å². The van der Waals surface area contributed by atoms with E-state index in [0.717, 1.165) is 0 Å². The Kier molecular flexibility index (Phi) is 3.80. The average molecular weight is 323 g/mol. The monoisotopic (exact) mass is 323 g/mol. The third-order valence-electron chi connectivity index (χ3n) is 4.01. The van der Waals surface area contributed by atoms with Crippen molar-refractivity contribution < 1.29 is 20.2 Å². The van der Waals surface area contributed by atoms with Crippen LogP contribution in [-0.4, -0.2) is 54.1 Å². The minimum atomic E-state index is -1.20. The largest absolute Gasteiger partial charge is 0.409 e. The molecule has 2 aromatic rings. The number of H-pyrrole nitrogens is 1. The summed E-state index contributed by atoms with van der Waals surface area (Å²) in [6.07, 6.45) is -0.621. The van der Waals surface area contributed by atoms with Crippen molar-refractivity contribution in [1.82, 2.24) is 14.5 Å². The van der Waals surface area contributed by atoms with E-state index in [1.165, 1.54) is 17.1 Å². The van der Waals surface area contributed by atoms with Gasteiger partial charge in [-0.25, -0.2) is 4.98 Å². The first-order valence-corrected chi connectivity index (χ1v) is 7.07. The number of nitrogens with zero attached hydrogens (tertiary/aromatic N) is 3. The summed E-state index contributed by atoms with van der Waals surface area (Å²) in [6.45, 7) is 1.82. The molecule has 1 fully saturated rings. The highest BCUT2D eigenvalue weighted by Gasteiger charge is 2.43. The fourth-order valence-electron chi connectivity index (χ4n) is 2.83. The number of nitrogens with one attached hydrogen (secondary N) is 1. The number of oxime groups is 1. The van der Waals surface area contributed by atoms with E-state index in [0.29, 0.717) is 6.42 Å². The van der Waals surface area contributed by atoms with Gasteiger partial charge < -0.3 is 35.4 Å². The predicted octanol–water partition coefficient (Wildman–Crippen LogP) is -1.15. The zero-order chi connectivity index (χ0) is 16.7. The molecule has 0 bridgehead atoms. The molecule has 1 aliphatic heterocycles. The molecular formula is C13H17N5O5. The number of nitrogens with two attached hydrogens (primary N) is 1. The highest BCUT2D eigenvalue weighted by molar-refractivity contribution is 6.07. The average Bonchev–Trinajstić information content (AvgIpc) is 3.07. The Morgan fingerprint density at radius 3 is 2.87 bits per heavy atom. The van der Waals surface area contributed by atoms with Crippen LogP contribution in [0.1, 0.15) is 25.1 Å². The summed E-state index contributed by atoms with van der Waals surface area (Å²) in [5.41, 5.74) is 5.49. The summed E-state index contributed by atoms with van der Waals surface area (Å²) in [4.78, 5) is 18.6. The molecule has 0 saturated carbocycles. The minimum absolute atomic E-state index is 0.105. The van der Waals surface area contributed by atoms with Gasteiger partial charge in [0.1, 0.15) is 17.9 Å². The van der Waals surface area contributed by atoms with Gasteiger partial charge in [0.2, 0.25) is 0 Å².